The molecule has 0 unspecified atom stereocenters. The van der Waals surface area contributed by atoms with Crippen LogP contribution in [0, 0.1) is 0 Å². The van der Waals surface area contributed by atoms with E-state index in [1.807, 2.05) is 0 Å². The highest BCUT2D eigenvalue weighted by molar-refractivity contribution is 5.81. The first kappa shape index (κ1) is 18.2. The molecule has 18 heavy (non-hydrogen) atoms. The minimum atomic E-state index is -0.989. The number of carbonyl (C=O) groups excluding carboxylic acids is 2. The number of ether oxygens (including phenoxy) is 2. The topological polar surface area (TPSA) is 110 Å². The van der Waals surface area contributed by atoms with Crippen LogP contribution in [-0.4, -0.2) is 47.9 Å². The average molecular weight is 260 g/mol. The van der Waals surface area contributed by atoms with Crippen molar-refractivity contribution in [3.8, 4) is 0 Å². The van der Waals surface area contributed by atoms with Gasteiger partial charge in [-0.25, -0.2) is 9.59 Å². The Hall–Kier alpha value is -2.15. The van der Waals surface area contributed by atoms with Crippen LogP contribution in [0.2, 0.25) is 0 Å². The number of aliphatic hydroxyl groups excluding tert-OH is 1. The molecule has 0 aliphatic rings. The number of aliphatic carboxylic acids is 1. The molecule has 7 heteroatoms. The molecule has 0 heterocycles. The summed E-state index contributed by atoms with van der Waals surface area (Å²) in [7, 11) is 0. The first-order chi connectivity index (χ1) is 8.47. The van der Waals surface area contributed by atoms with Crippen molar-refractivity contribution in [2.45, 2.75) is 6.42 Å². The Morgan fingerprint density at radius 1 is 1.00 bits per heavy atom. The van der Waals surface area contributed by atoms with Crippen molar-refractivity contribution in [3.05, 3.63) is 25.3 Å². The maximum atomic E-state index is 10.3. The van der Waals surface area contributed by atoms with Gasteiger partial charge in [-0.3, -0.25) is 4.79 Å². The van der Waals surface area contributed by atoms with Gasteiger partial charge in [0, 0.05) is 12.2 Å². The summed E-state index contributed by atoms with van der Waals surface area (Å²) in [5, 5.41) is 16.2. The molecular formula is C11H16O7. The second-order valence-corrected chi connectivity index (χ2v) is 2.61. The fourth-order valence-corrected chi connectivity index (χ4v) is 0.503. The Balaban J connectivity index is 0. The number of aliphatic hydroxyl groups is 1. The minimum Gasteiger partial charge on any atom is -0.481 e. The summed E-state index contributed by atoms with van der Waals surface area (Å²) in [4.78, 5) is 30.2. The van der Waals surface area contributed by atoms with Crippen molar-refractivity contribution in [3.63, 3.8) is 0 Å². The molecule has 102 valence electrons. The van der Waals surface area contributed by atoms with Crippen LogP contribution in [0.15, 0.2) is 25.3 Å². The normalized spacial score (nSPS) is 8.28. The lowest BCUT2D eigenvalue weighted by atomic mass is 10.5. The van der Waals surface area contributed by atoms with Crippen LogP contribution in [-0.2, 0) is 23.9 Å². The van der Waals surface area contributed by atoms with Crippen molar-refractivity contribution >= 4 is 17.9 Å². The van der Waals surface area contributed by atoms with Crippen LogP contribution in [0.1, 0.15) is 6.42 Å². The smallest absolute Gasteiger partial charge is 0.330 e. The molecule has 0 rings (SSSR count). The Labute approximate surface area is 104 Å². The number of carboxylic acids is 1. The lowest BCUT2D eigenvalue weighted by Crippen LogP contribution is -2.06. The Morgan fingerprint density at radius 3 is 1.78 bits per heavy atom. The molecule has 0 aromatic rings. The zero-order chi connectivity index (χ0) is 14.4. The zero-order valence-corrected chi connectivity index (χ0v) is 9.83. The molecule has 0 aromatic heterocycles. The molecule has 0 fully saturated rings. The third kappa shape index (κ3) is 16.3. The van der Waals surface area contributed by atoms with E-state index < -0.39 is 17.9 Å². The second-order valence-electron chi connectivity index (χ2n) is 2.61. The molecule has 0 amide bonds. The summed E-state index contributed by atoms with van der Waals surface area (Å²) in [6, 6.07) is 0. The van der Waals surface area contributed by atoms with E-state index in [-0.39, 0.29) is 26.2 Å². The summed E-state index contributed by atoms with van der Waals surface area (Å²) in [6.07, 6.45) is 1.87. The number of esters is 2. The van der Waals surface area contributed by atoms with E-state index >= 15 is 0 Å². The zero-order valence-electron chi connectivity index (χ0n) is 9.83. The van der Waals surface area contributed by atoms with Crippen molar-refractivity contribution in [2.24, 2.45) is 0 Å². The molecule has 0 atom stereocenters. The van der Waals surface area contributed by atoms with E-state index in [1.54, 1.807) is 0 Å². The van der Waals surface area contributed by atoms with Gasteiger partial charge in [0.2, 0.25) is 0 Å². The molecular weight excluding hydrogens is 244 g/mol. The maximum Gasteiger partial charge on any atom is 0.330 e. The second kappa shape index (κ2) is 12.9. The molecule has 0 radical (unpaired) electrons. The van der Waals surface area contributed by atoms with E-state index in [2.05, 4.69) is 22.6 Å². The van der Waals surface area contributed by atoms with E-state index in [1.165, 1.54) is 0 Å². The molecule has 0 spiro atoms. The molecule has 0 saturated heterocycles. The molecule has 0 aliphatic carbocycles. The molecule has 0 aliphatic heterocycles. The van der Waals surface area contributed by atoms with E-state index in [4.69, 9.17) is 10.2 Å². The number of rotatable bonds is 7. The first-order valence-corrected chi connectivity index (χ1v) is 4.89. The van der Waals surface area contributed by atoms with Crippen LogP contribution < -0.4 is 0 Å². The van der Waals surface area contributed by atoms with Gasteiger partial charge >= 0.3 is 17.9 Å². The van der Waals surface area contributed by atoms with Crippen molar-refractivity contribution in [2.75, 3.05) is 19.8 Å². The van der Waals surface area contributed by atoms with Crippen molar-refractivity contribution in [1.82, 2.24) is 0 Å². The lowest BCUT2D eigenvalue weighted by Gasteiger charge is -1.96. The fraction of sp³-hybridized carbons (Fsp3) is 0.364. The van der Waals surface area contributed by atoms with Gasteiger partial charge in [-0.15, -0.1) is 0 Å². The van der Waals surface area contributed by atoms with Gasteiger partial charge in [0.25, 0.3) is 0 Å². The highest BCUT2D eigenvalue weighted by atomic mass is 16.5. The standard InChI is InChI=1S/C6H8O4.C5H8O3/c1-2-6(9)10-4-3-5(7)8;1-2-5(7)8-4-3-6/h2H,1,3-4H2,(H,7,8);2,6H,1,3-4H2. The van der Waals surface area contributed by atoms with Gasteiger partial charge in [0.05, 0.1) is 13.0 Å². The van der Waals surface area contributed by atoms with Gasteiger partial charge in [-0.1, -0.05) is 13.2 Å². The number of hydrogen-bond donors (Lipinski definition) is 2. The minimum absolute atomic E-state index is 0.0465. The third-order valence-electron chi connectivity index (χ3n) is 1.23. The summed E-state index contributed by atoms with van der Waals surface area (Å²) in [5.41, 5.74) is 0. The summed E-state index contributed by atoms with van der Waals surface area (Å²) < 4.78 is 8.70. The van der Waals surface area contributed by atoms with Gasteiger partial charge < -0.3 is 19.7 Å². The molecule has 2 N–H and O–H groups in total. The molecule has 7 nitrogen and oxygen atoms in total. The molecule has 0 aromatic carbocycles. The summed E-state index contributed by atoms with van der Waals surface area (Å²) in [5.74, 6) is -2.09. The Kier molecular flexibility index (Phi) is 13.1. The number of hydrogen-bond acceptors (Lipinski definition) is 6. The van der Waals surface area contributed by atoms with E-state index in [0.717, 1.165) is 12.2 Å². The summed E-state index contributed by atoms with van der Waals surface area (Å²) in [6.45, 7) is 6.10. The number of carboxylic acid groups (broad SMARTS) is 1. The molecule has 0 bridgehead atoms. The van der Waals surface area contributed by atoms with Crippen LogP contribution >= 0.6 is 0 Å². The monoisotopic (exact) mass is 260 g/mol. The highest BCUT2D eigenvalue weighted by Gasteiger charge is 1.98. The maximum absolute atomic E-state index is 10.3. The first-order valence-electron chi connectivity index (χ1n) is 4.89. The van der Waals surface area contributed by atoms with Gasteiger partial charge in [-0.05, 0) is 0 Å². The molecule has 0 saturated carbocycles. The van der Waals surface area contributed by atoms with Crippen LogP contribution in [0.25, 0.3) is 0 Å². The quantitative estimate of drug-likeness (QED) is 0.485. The Morgan fingerprint density at radius 2 is 1.44 bits per heavy atom. The lowest BCUT2D eigenvalue weighted by molar-refractivity contribution is -0.143. The van der Waals surface area contributed by atoms with Crippen LogP contribution in [0.3, 0.4) is 0 Å². The fourth-order valence-electron chi connectivity index (χ4n) is 0.503. The van der Waals surface area contributed by atoms with Crippen molar-refractivity contribution in [1.29, 1.82) is 0 Å². The van der Waals surface area contributed by atoms with Gasteiger partial charge in [0.15, 0.2) is 0 Å². The summed E-state index contributed by atoms with van der Waals surface area (Å²) >= 11 is 0. The Bertz CT molecular complexity index is 296. The van der Waals surface area contributed by atoms with Gasteiger partial charge in [0.1, 0.15) is 13.2 Å². The SMILES string of the molecule is C=CC(=O)OCCC(=O)O.C=CC(=O)OCCO. The largest absolute Gasteiger partial charge is 0.481 e. The predicted molar refractivity (Wildman–Crippen MR) is 61.7 cm³/mol. The average Bonchev–Trinajstić information content (AvgIpc) is 2.35. The van der Waals surface area contributed by atoms with Crippen molar-refractivity contribution < 1.29 is 34.1 Å². The van der Waals surface area contributed by atoms with Crippen LogP contribution in [0.5, 0.6) is 0 Å². The van der Waals surface area contributed by atoms with E-state index in [0.29, 0.717) is 0 Å². The van der Waals surface area contributed by atoms with Crippen LogP contribution in [0.4, 0.5) is 0 Å². The van der Waals surface area contributed by atoms with E-state index in [9.17, 15) is 14.4 Å². The third-order valence-corrected chi connectivity index (χ3v) is 1.23. The number of carbonyl (C=O) groups is 3. The van der Waals surface area contributed by atoms with Gasteiger partial charge in [-0.2, -0.15) is 0 Å². The predicted octanol–water partition coefficient (Wildman–Crippen LogP) is -0.102. The highest BCUT2D eigenvalue weighted by Crippen LogP contribution is 1.83.